The molecule has 0 saturated carbocycles. The SMILES string of the molecule is CC(=O)NCc1cccc(-c2cccc([C@H]3O[C@@H](CSc4nnnn4C)C[C@@H](c4ccc(CO)cc4)O3)c2)c1. The topological polar surface area (TPSA) is 111 Å². The van der Waals surface area contributed by atoms with Crippen molar-refractivity contribution in [1.29, 1.82) is 0 Å². The number of aliphatic hydroxyl groups is 1. The standard InChI is InChI=1S/C29H31N5O4S/c1-19(36)30-16-21-5-3-6-23(13-21)24-7-4-8-25(14-24)28-37-26(18-39-29-31-32-33-34(29)2)15-27(38-28)22-11-9-20(17-35)10-12-22/h3-14,26-28,35H,15-18H2,1-2H3,(H,30,36)/t26-,27+,28+/m1/s1. The van der Waals surface area contributed by atoms with Crippen molar-refractivity contribution in [2.24, 2.45) is 7.05 Å². The van der Waals surface area contributed by atoms with Gasteiger partial charge in [-0.25, -0.2) is 4.68 Å². The second-order valence-electron chi connectivity index (χ2n) is 9.48. The summed E-state index contributed by atoms with van der Waals surface area (Å²) in [5, 5.41) is 24.8. The van der Waals surface area contributed by atoms with Gasteiger partial charge in [-0.15, -0.1) is 5.10 Å². The lowest BCUT2D eigenvalue weighted by atomic mass is 9.99. The van der Waals surface area contributed by atoms with Crippen LogP contribution in [0.15, 0.2) is 78.0 Å². The van der Waals surface area contributed by atoms with Crippen LogP contribution in [-0.4, -0.2) is 43.1 Å². The third-order valence-corrected chi connectivity index (χ3v) is 7.70. The summed E-state index contributed by atoms with van der Waals surface area (Å²) in [6, 6.07) is 24.2. The average molecular weight is 546 g/mol. The quantitative estimate of drug-likeness (QED) is 0.299. The highest BCUT2D eigenvalue weighted by Gasteiger charge is 2.32. The third kappa shape index (κ3) is 6.90. The van der Waals surface area contributed by atoms with Crippen molar-refractivity contribution in [2.75, 3.05) is 5.75 Å². The van der Waals surface area contributed by atoms with Crippen LogP contribution < -0.4 is 5.32 Å². The van der Waals surface area contributed by atoms with E-state index in [0.29, 0.717) is 18.7 Å². The number of carbonyl (C=O) groups excluding carboxylic acids is 1. The molecule has 1 aliphatic rings. The zero-order valence-electron chi connectivity index (χ0n) is 21.9. The van der Waals surface area contributed by atoms with E-state index in [2.05, 4.69) is 45.1 Å². The van der Waals surface area contributed by atoms with Gasteiger partial charge in [0, 0.05) is 38.3 Å². The zero-order chi connectivity index (χ0) is 27.2. The lowest BCUT2D eigenvalue weighted by Crippen LogP contribution is -2.31. The number of tetrazole rings is 1. The number of nitrogens with zero attached hydrogens (tertiary/aromatic N) is 4. The minimum Gasteiger partial charge on any atom is -0.392 e. The van der Waals surface area contributed by atoms with E-state index in [0.717, 1.165) is 38.5 Å². The van der Waals surface area contributed by atoms with Crippen molar-refractivity contribution >= 4 is 17.7 Å². The first kappa shape index (κ1) is 27.0. The van der Waals surface area contributed by atoms with Crippen LogP contribution in [0.5, 0.6) is 0 Å². The Bertz CT molecular complexity index is 1410. The number of aromatic nitrogens is 4. The van der Waals surface area contributed by atoms with Gasteiger partial charge in [0.25, 0.3) is 0 Å². The normalized spacial score (nSPS) is 19.1. The Kier molecular flexibility index (Phi) is 8.67. The molecule has 39 heavy (non-hydrogen) atoms. The Balaban J connectivity index is 1.38. The predicted octanol–water partition coefficient (Wildman–Crippen LogP) is 4.34. The van der Waals surface area contributed by atoms with Gasteiger partial charge in [-0.2, -0.15) is 0 Å². The van der Waals surface area contributed by atoms with Crippen molar-refractivity contribution in [3.05, 3.63) is 95.1 Å². The predicted molar refractivity (Wildman–Crippen MR) is 147 cm³/mol. The molecular formula is C29H31N5O4S. The molecule has 5 rings (SSSR count). The number of aliphatic hydroxyl groups excluding tert-OH is 1. The van der Waals surface area contributed by atoms with Crippen molar-refractivity contribution in [1.82, 2.24) is 25.5 Å². The van der Waals surface area contributed by atoms with E-state index in [1.807, 2.05) is 55.6 Å². The van der Waals surface area contributed by atoms with E-state index in [1.54, 1.807) is 16.4 Å². The summed E-state index contributed by atoms with van der Waals surface area (Å²) in [4.78, 5) is 11.3. The molecular weight excluding hydrogens is 514 g/mol. The maximum atomic E-state index is 11.3. The minimum atomic E-state index is -0.563. The molecule has 0 bridgehead atoms. The van der Waals surface area contributed by atoms with Crippen LogP contribution in [0.1, 0.15) is 48.0 Å². The molecule has 0 aliphatic carbocycles. The summed E-state index contributed by atoms with van der Waals surface area (Å²) >= 11 is 1.55. The maximum Gasteiger partial charge on any atom is 0.217 e. The number of hydrogen-bond donors (Lipinski definition) is 2. The second kappa shape index (κ2) is 12.5. The van der Waals surface area contributed by atoms with Gasteiger partial charge in [0.05, 0.1) is 18.8 Å². The van der Waals surface area contributed by atoms with Crippen molar-refractivity contribution in [3.63, 3.8) is 0 Å². The number of nitrogens with one attached hydrogen (secondary N) is 1. The lowest BCUT2D eigenvalue weighted by molar-refractivity contribution is -0.245. The fraction of sp³-hybridized carbons (Fsp3) is 0.310. The molecule has 0 radical (unpaired) electrons. The molecule has 3 atom stereocenters. The molecule has 1 fully saturated rings. The minimum absolute atomic E-state index is 0.00134. The molecule has 0 spiro atoms. The number of carbonyl (C=O) groups is 1. The van der Waals surface area contributed by atoms with Crippen molar-refractivity contribution < 1.29 is 19.4 Å². The first-order chi connectivity index (χ1) is 19.0. The van der Waals surface area contributed by atoms with Crippen LogP contribution in [0.25, 0.3) is 11.1 Å². The average Bonchev–Trinajstić information content (AvgIpc) is 3.39. The van der Waals surface area contributed by atoms with Crippen LogP contribution in [0.4, 0.5) is 0 Å². The molecule has 3 aromatic carbocycles. The summed E-state index contributed by atoms with van der Waals surface area (Å²) in [6.45, 7) is 2.00. The number of ether oxygens (including phenoxy) is 2. The number of thioether (sulfide) groups is 1. The monoisotopic (exact) mass is 545 g/mol. The summed E-state index contributed by atoms with van der Waals surface area (Å²) < 4.78 is 14.6. The fourth-order valence-electron chi connectivity index (χ4n) is 4.49. The zero-order valence-corrected chi connectivity index (χ0v) is 22.7. The van der Waals surface area contributed by atoms with Gasteiger partial charge in [0.1, 0.15) is 0 Å². The Labute approximate surface area is 231 Å². The van der Waals surface area contributed by atoms with Crippen LogP contribution in [0.2, 0.25) is 0 Å². The van der Waals surface area contributed by atoms with E-state index in [4.69, 9.17) is 9.47 Å². The molecule has 2 heterocycles. The van der Waals surface area contributed by atoms with E-state index in [1.165, 1.54) is 6.92 Å². The maximum absolute atomic E-state index is 11.3. The van der Waals surface area contributed by atoms with Gasteiger partial charge in [-0.3, -0.25) is 4.79 Å². The van der Waals surface area contributed by atoms with Crippen LogP contribution in [0, 0.1) is 0 Å². The van der Waals surface area contributed by atoms with Gasteiger partial charge in [0.15, 0.2) is 6.29 Å². The highest BCUT2D eigenvalue weighted by atomic mass is 32.2. The third-order valence-electron chi connectivity index (χ3n) is 6.56. The Morgan fingerprint density at radius 2 is 1.79 bits per heavy atom. The van der Waals surface area contributed by atoms with Crippen LogP contribution in [-0.2, 0) is 34.5 Å². The van der Waals surface area contributed by atoms with Gasteiger partial charge in [-0.1, -0.05) is 72.4 Å². The van der Waals surface area contributed by atoms with Gasteiger partial charge >= 0.3 is 0 Å². The van der Waals surface area contributed by atoms with E-state index in [-0.39, 0.29) is 24.7 Å². The highest BCUT2D eigenvalue weighted by molar-refractivity contribution is 7.99. The largest absolute Gasteiger partial charge is 0.392 e. The molecule has 2 N–H and O–H groups in total. The molecule has 202 valence electrons. The molecule has 10 heteroatoms. The second-order valence-corrected chi connectivity index (χ2v) is 10.5. The fourth-order valence-corrected chi connectivity index (χ4v) is 5.35. The van der Waals surface area contributed by atoms with Crippen LogP contribution >= 0.6 is 11.8 Å². The van der Waals surface area contributed by atoms with Crippen molar-refractivity contribution in [3.8, 4) is 11.1 Å². The summed E-state index contributed by atoms with van der Waals surface area (Å²) in [5.41, 5.74) is 5.94. The number of aryl methyl sites for hydroxylation is 1. The first-order valence-electron chi connectivity index (χ1n) is 12.8. The molecule has 1 amide bonds. The van der Waals surface area contributed by atoms with E-state index in [9.17, 15) is 9.90 Å². The summed E-state index contributed by atoms with van der Waals surface area (Å²) in [6.07, 6.45) is -0.160. The van der Waals surface area contributed by atoms with Gasteiger partial charge in [0.2, 0.25) is 11.1 Å². The Morgan fingerprint density at radius 3 is 2.51 bits per heavy atom. The molecule has 4 aromatic rings. The molecule has 0 unspecified atom stereocenters. The van der Waals surface area contributed by atoms with E-state index >= 15 is 0 Å². The Morgan fingerprint density at radius 1 is 1.03 bits per heavy atom. The van der Waals surface area contributed by atoms with Gasteiger partial charge in [-0.05, 0) is 50.4 Å². The number of amides is 1. The van der Waals surface area contributed by atoms with Crippen LogP contribution in [0.3, 0.4) is 0 Å². The van der Waals surface area contributed by atoms with E-state index < -0.39 is 6.29 Å². The molecule has 1 aromatic heterocycles. The molecule has 1 saturated heterocycles. The smallest absolute Gasteiger partial charge is 0.217 e. The number of benzene rings is 3. The lowest BCUT2D eigenvalue weighted by Gasteiger charge is -2.36. The number of rotatable bonds is 9. The first-order valence-corrected chi connectivity index (χ1v) is 13.8. The number of hydrogen-bond acceptors (Lipinski definition) is 8. The Hall–Kier alpha value is -3.57. The molecule has 1 aliphatic heterocycles. The highest BCUT2D eigenvalue weighted by Crippen LogP contribution is 2.40. The molecule has 9 nitrogen and oxygen atoms in total. The summed E-state index contributed by atoms with van der Waals surface area (Å²) in [7, 11) is 1.82. The summed E-state index contributed by atoms with van der Waals surface area (Å²) in [5.74, 6) is 0.613. The van der Waals surface area contributed by atoms with Gasteiger partial charge < -0.3 is 19.9 Å². The van der Waals surface area contributed by atoms with Crippen molar-refractivity contribution in [2.45, 2.75) is 50.2 Å².